The molecule has 2 aromatic heterocycles. The van der Waals surface area contributed by atoms with Crippen molar-refractivity contribution in [3.8, 4) is 0 Å². The number of aryl methyl sites for hydroxylation is 1. The van der Waals surface area contributed by atoms with Crippen molar-refractivity contribution in [2.45, 2.75) is 19.4 Å². The third kappa shape index (κ3) is 2.13. The number of hydrogen-bond acceptors (Lipinski definition) is 3. The summed E-state index contributed by atoms with van der Waals surface area (Å²) in [7, 11) is 0. The molecule has 0 spiro atoms. The van der Waals surface area contributed by atoms with E-state index in [0.717, 1.165) is 28.6 Å². The van der Waals surface area contributed by atoms with Gasteiger partial charge in [-0.05, 0) is 29.8 Å². The van der Waals surface area contributed by atoms with Gasteiger partial charge in [0.15, 0.2) is 0 Å². The topological polar surface area (TPSA) is 46.3 Å². The number of aromatic nitrogens is 1. The fourth-order valence-corrected chi connectivity index (χ4v) is 2.25. The van der Waals surface area contributed by atoms with E-state index in [1.165, 1.54) is 0 Å². The summed E-state index contributed by atoms with van der Waals surface area (Å²) in [5.74, 6) is 1.46. The van der Waals surface area contributed by atoms with E-state index in [-0.39, 0.29) is 0 Å². The number of rotatable bonds is 3. The first-order chi connectivity index (χ1) is 9.29. The third-order valence-corrected chi connectivity index (χ3v) is 3.27. The van der Waals surface area contributed by atoms with Crippen LogP contribution in [0, 0.1) is 0 Å². The first-order valence-electron chi connectivity index (χ1n) is 6.40. The molecule has 1 atom stereocenters. The van der Waals surface area contributed by atoms with E-state index >= 15 is 0 Å². The molecule has 3 aromatic rings. The zero-order valence-corrected chi connectivity index (χ0v) is 10.7. The predicted molar refractivity (Wildman–Crippen MR) is 73.9 cm³/mol. The maximum Gasteiger partial charge on any atom is 0.137 e. The van der Waals surface area contributed by atoms with E-state index in [9.17, 15) is 5.11 Å². The normalized spacial score (nSPS) is 12.7. The van der Waals surface area contributed by atoms with Crippen molar-refractivity contribution in [2.75, 3.05) is 0 Å². The summed E-state index contributed by atoms with van der Waals surface area (Å²) in [5, 5.41) is 11.4. The quantitative estimate of drug-likeness (QED) is 0.777. The molecule has 1 unspecified atom stereocenters. The largest absolute Gasteiger partial charge is 0.463 e. The fraction of sp³-hybridized carbons (Fsp3) is 0.188. The second-order valence-electron chi connectivity index (χ2n) is 4.48. The minimum Gasteiger partial charge on any atom is -0.463 e. The van der Waals surface area contributed by atoms with Gasteiger partial charge in [-0.15, -0.1) is 0 Å². The fourth-order valence-electron chi connectivity index (χ4n) is 2.25. The standard InChI is InChI=1S/C16H15NO2/c1-2-11-8-9-15(19-11)16(18)13-5-3-7-14-12(13)6-4-10-17-14/h3-10,16,18H,2H2,1H3. The van der Waals surface area contributed by atoms with E-state index in [2.05, 4.69) is 4.98 Å². The Morgan fingerprint density at radius 2 is 2.05 bits per heavy atom. The number of benzene rings is 1. The molecular weight excluding hydrogens is 238 g/mol. The van der Waals surface area contributed by atoms with E-state index in [1.54, 1.807) is 6.20 Å². The van der Waals surface area contributed by atoms with Crippen LogP contribution in [-0.4, -0.2) is 10.1 Å². The van der Waals surface area contributed by atoms with Crippen LogP contribution >= 0.6 is 0 Å². The molecule has 3 heteroatoms. The summed E-state index contributed by atoms with van der Waals surface area (Å²) in [6.07, 6.45) is 1.82. The number of pyridine rings is 1. The highest BCUT2D eigenvalue weighted by molar-refractivity contribution is 5.82. The van der Waals surface area contributed by atoms with Gasteiger partial charge in [-0.2, -0.15) is 0 Å². The highest BCUT2D eigenvalue weighted by Crippen LogP contribution is 2.29. The second kappa shape index (κ2) is 4.86. The molecule has 0 aliphatic rings. The Kier molecular flexibility index (Phi) is 3.05. The molecule has 1 N–H and O–H groups in total. The lowest BCUT2D eigenvalue weighted by atomic mass is 10.0. The molecule has 0 radical (unpaired) electrons. The lowest BCUT2D eigenvalue weighted by Crippen LogP contribution is -1.99. The minimum atomic E-state index is -0.756. The molecule has 0 aliphatic carbocycles. The molecule has 19 heavy (non-hydrogen) atoms. The van der Waals surface area contributed by atoms with Gasteiger partial charge in [0.1, 0.15) is 17.6 Å². The van der Waals surface area contributed by atoms with Gasteiger partial charge in [0.2, 0.25) is 0 Å². The van der Waals surface area contributed by atoms with Crippen molar-refractivity contribution >= 4 is 10.9 Å². The molecule has 0 amide bonds. The molecule has 0 saturated carbocycles. The third-order valence-electron chi connectivity index (χ3n) is 3.27. The van der Waals surface area contributed by atoms with Gasteiger partial charge in [-0.1, -0.05) is 25.1 Å². The van der Waals surface area contributed by atoms with E-state index < -0.39 is 6.10 Å². The molecule has 0 bridgehead atoms. The van der Waals surface area contributed by atoms with Gasteiger partial charge in [0, 0.05) is 18.0 Å². The average molecular weight is 253 g/mol. The highest BCUT2D eigenvalue weighted by atomic mass is 16.4. The van der Waals surface area contributed by atoms with Crippen LogP contribution in [0.4, 0.5) is 0 Å². The Balaban J connectivity index is 2.08. The number of nitrogens with zero attached hydrogens (tertiary/aromatic N) is 1. The summed E-state index contributed by atoms with van der Waals surface area (Å²) < 4.78 is 5.63. The molecule has 1 aromatic carbocycles. The van der Waals surface area contributed by atoms with Crippen LogP contribution in [0.3, 0.4) is 0 Å². The molecule has 0 saturated heterocycles. The van der Waals surface area contributed by atoms with Crippen LogP contribution in [0.5, 0.6) is 0 Å². The Bertz CT molecular complexity index is 697. The van der Waals surface area contributed by atoms with Crippen molar-refractivity contribution in [1.29, 1.82) is 0 Å². The second-order valence-corrected chi connectivity index (χ2v) is 4.48. The highest BCUT2D eigenvalue weighted by Gasteiger charge is 2.17. The van der Waals surface area contributed by atoms with Crippen LogP contribution < -0.4 is 0 Å². The summed E-state index contributed by atoms with van der Waals surface area (Å²) in [4.78, 5) is 4.30. The maximum absolute atomic E-state index is 10.5. The summed E-state index contributed by atoms with van der Waals surface area (Å²) in [5.41, 5.74) is 1.70. The zero-order chi connectivity index (χ0) is 13.2. The lowest BCUT2D eigenvalue weighted by molar-refractivity contribution is 0.188. The molecule has 96 valence electrons. The predicted octanol–water partition coefficient (Wildman–Crippen LogP) is 3.47. The summed E-state index contributed by atoms with van der Waals surface area (Å²) >= 11 is 0. The van der Waals surface area contributed by atoms with Gasteiger partial charge in [-0.25, -0.2) is 0 Å². The van der Waals surface area contributed by atoms with E-state index in [0.29, 0.717) is 5.76 Å². The smallest absolute Gasteiger partial charge is 0.137 e. The average Bonchev–Trinajstić information content (AvgIpc) is 2.95. The van der Waals surface area contributed by atoms with Gasteiger partial charge < -0.3 is 9.52 Å². The molecule has 2 heterocycles. The monoisotopic (exact) mass is 253 g/mol. The van der Waals surface area contributed by atoms with Crippen LogP contribution in [0.25, 0.3) is 10.9 Å². The summed E-state index contributed by atoms with van der Waals surface area (Å²) in [6.45, 7) is 2.02. The molecular formula is C16H15NO2. The van der Waals surface area contributed by atoms with Crippen molar-refractivity contribution in [3.05, 3.63) is 65.7 Å². The minimum absolute atomic E-state index is 0.577. The molecule has 0 aliphatic heterocycles. The van der Waals surface area contributed by atoms with E-state index in [4.69, 9.17) is 4.42 Å². The number of aliphatic hydroxyl groups excluding tert-OH is 1. The van der Waals surface area contributed by atoms with Gasteiger partial charge in [0.25, 0.3) is 0 Å². The number of furan rings is 1. The first-order valence-corrected chi connectivity index (χ1v) is 6.40. The van der Waals surface area contributed by atoms with Crippen molar-refractivity contribution in [3.63, 3.8) is 0 Å². The van der Waals surface area contributed by atoms with Gasteiger partial charge in [-0.3, -0.25) is 4.98 Å². The Morgan fingerprint density at radius 3 is 2.84 bits per heavy atom. The van der Waals surface area contributed by atoms with Crippen molar-refractivity contribution in [2.24, 2.45) is 0 Å². The zero-order valence-electron chi connectivity index (χ0n) is 10.7. The van der Waals surface area contributed by atoms with Crippen LogP contribution in [0.2, 0.25) is 0 Å². The van der Waals surface area contributed by atoms with Crippen LogP contribution in [0.15, 0.2) is 53.1 Å². The molecule has 3 rings (SSSR count). The molecule has 3 nitrogen and oxygen atoms in total. The molecule has 0 fully saturated rings. The Labute approximate surface area is 111 Å². The van der Waals surface area contributed by atoms with Crippen molar-refractivity contribution in [1.82, 2.24) is 4.98 Å². The van der Waals surface area contributed by atoms with Crippen LogP contribution in [-0.2, 0) is 6.42 Å². The first kappa shape index (κ1) is 11.9. The number of fused-ring (bicyclic) bond motifs is 1. The summed E-state index contributed by atoms with van der Waals surface area (Å²) in [6, 6.07) is 13.3. The van der Waals surface area contributed by atoms with Gasteiger partial charge >= 0.3 is 0 Å². The van der Waals surface area contributed by atoms with Gasteiger partial charge in [0.05, 0.1) is 5.52 Å². The Hall–Kier alpha value is -2.13. The maximum atomic E-state index is 10.5. The number of aliphatic hydroxyl groups is 1. The SMILES string of the molecule is CCc1ccc(C(O)c2cccc3ncccc23)o1. The van der Waals surface area contributed by atoms with Crippen molar-refractivity contribution < 1.29 is 9.52 Å². The Morgan fingerprint density at radius 1 is 1.16 bits per heavy atom. The number of hydrogen-bond donors (Lipinski definition) is 1. The van der Waals surface area contributed by atoms with Crippen LogP contribution in [0.1, 0.15) is 30.1 Å². The van der Waals surface area contributed by atoms with E-state index in [1.807, 2.05) is 49.4 Å². The lowest BCUT2D eigenvalue weighted by Gasteiger charge is -2.11.